The zero-order chi connectivity index (χ0) is 14.2. The first kappa shape index (κ1) is 15.2. The molecule has 2 atom stereocenters. The van der Waals surface area contributed by atoms with Gasteiger partial charge in [-0.3, -0.25) is 4.90 Å². The van der Waals surface area contributed by atoms with E-state index in [-0.39, 0.29) is 6.04 Å². The number of aliphatic hydroxyl groups excluding tert-OH is 1. The average Bonchev–Trinajstić information content (AvgIpc) is 2.47. The van der Waals surface area contributed by atoms with Gasteiger partial charge in [-0.1, -0.05) is 62.2 Å². The summed E-state index contributed by atoms with van der Waals surface area (Å²) >= 11 is 0. The Balaban J connectivity index is 1.98. The van der Waals surface area contributed by atoms with Crippen LogP contribution in [0.15, 0.2) is 42.5 Å². The highest BCUT2D eigenvalue weighted by atomic mass is 16.6. The van der Waals surface area contributed by atoms with Gasteiger partial charge in [0.2, 0.25) is 0 Å². The molecule has 2 rings (SSSR count). The molecule has 0 radical (unpaired) electrons. The molecule has 1 N–H and O–H groups in total. The third kappa shape index (κ3) is 4.44. The largest absolute Gasteiger partial charge is 0.366 e. The van der Waals surface area contributed by atoms with Gasteiger partial charge in [0.15, 0.2) is 6.29 Å². The minimum Gasteiger partial charge on any atom is -0.366 e. The predicted molar refractivity (Wildman–Crippen MR) is 81.3 cm³/mol. The lowest BCUT2D eigenvalue weighted by molar-refractivity contribution is -0.169. The summed E-state index contributed by atoms with van der Waals surface area (Å²) in [6.45, 7) is 4.49. The van der Waals surface area contributed by atoms with Gasteiger partial charge in [-0.05, 0) is 12.0 Å². The zero-order valence-corrected chi connectivity index (χ0v) is 12.2. The minimum absolute atomic E-state index is 0.0409. The number of morpholine rings is 1. The van der Waals surface area contributed by atoms with Crippen LogP contribution in [-0.2, 0) is 11.3 Å². The molecular formula is C17H25NO2. The van der Waals surface area contributed by atoms with Crippen molar-refractivity contribution >= 4 is 0 Å². The summed E-state index contributed by atoms with van der Waals surface area (Å²) in [5, 5.41) is 10.1. The van der Waals surface area contributed by atoms with E-state index in [4.69, 9.17) is 4.74 Å². The van der Waals surface area contributed by atoms with Gasteiger partial charge < -0.3 is 9.84 Å². The first-order chi connectivity index (χ1) is 9.81. The van der Waals surface area contributed by atoms with Crippen LogP contribution in [0.5, 0.6) is 0 Å². The first-order valence-corrected chi connectivity index (χ1v) is 7.55. The summed E-state index contributed by atoms with van der Waals surface area (Å²) in [6.07, 6.45) is 7.01. The lowest BCUT2D eigenvalue weighted by Crippen LogP contribution is -2.49. The number of aliphatic hydroxyl groups is 1. The number of hydrogen-bond donors (Lipinski definition) is 1. The number of hydrogen-bond acceptors (Lipinski definition) is 3. The summed E-state index contributed by atoms with van der Waals surface area (Å²) in [7, 11) is 0. The van der Waals surface area contributed by atoms with Crippen molar-refractivity contribution in [2.75, 3.05) is 13.2 Å². The molecule has 0 amide bonds. The number of nitrogens with zero attached hydrogens (tertiary/aromatic N) is 1. The molecule has 3 nitrogen and oxygen atoms in total. The highest BCUT2D eigenvalue weighted by Crippen LogP contribution is 2.17. The van der Waals surface area contributed by atoms with Gasteiger partial charge in [0.1, 0.15) is 0 Å². The van der Waals surface area contributed by atoms with Crippen LogP contribution in [0.3, 0.4) is 0 Å². The highest BCUT2D eigenvalue weighted by molar-refractivity contribution is 5.15. The van der Waals surface area contributed by atoms with Crippen molar-refractivity contribution in [2.45, 2.75) is 45.1 Å². The number of allylic oxidation sites excluding steroid dienone is 1. The fourth-order valence-corrected chi connectivity index (χ4v) is 2.50. The van der Waals surface area contributed by atoms with E-state index in [1.165, 1.54) is 18.4 Å². The zero-order valence-electron chi connectivity index (χ0n) is 12.2. The quantitative estimate of drug-likeness (QED) is 0.640. The maximum absolute atomic E-state index is 10.1. The molecule has 20 heavy (non-hydrogen) atoms. The van der Waals surface area contributed by atoms with Crippen molar-refractivity contribution in [3.8, 4) is 0 Å². The van der Waals surface area contributed by atoms with Crippen LogP contribution in [-0.4, -0.2) is 35.5 Å². The van der Waals surface area contributed by atoms with Crippen LogP contribution in [0.4, 0.5) is 0 Å². The SMILES string of the molecule is CCCC/C=C/C1C(O)OCCN1Cc1ccccc1. The molecule has 3 heteroatoms. The Labute approximate surface area is 121 Å². The molecule has 1 heterocycles. The summed E-state index contributed by atoms with van der Waals surface area (Å²) in [6, 6.07) is 10.3. The third-order valence-corrected chi connectivity index (χ3v) is 3.67. The van der Waals surface area contributed by atoms with Gasteiger partial charge in [0.05, 0.1) is 12.6 Å². The second kappa shape index (κ2) is 8.20. The topological polar surface area (TPSA) is 32.7 Å². The van der Waals surface area contributed by atoms with Crippen LogP contribution in [0.25, 0.3) is 0 Å². The van der Waals surface area contributed by atoms with Gasteiger partial charge in [-0.2, -0.15) is 0 Å². The Bertz CT molecular complexity index is 405. The Morgan fingerprint density at radius 1 is 1.35 bits per heavy atom. The molecule has 1 aliphatic heterocycles. The third-order valence-electron chi connectivity index (χ3n) is 3.67. The smallest absolute Gasteiger partial charge is 0.173 e. The van der Waals surface area contributed by atoms with Gasteiger partial charge in [0.25, 0.3) is 0 Å². The molecule has 0 aliphatic carbocycles. The average molecular weight is 275 g/mol. The van der Waals surface area contributed by atoms with Crippen molar-refractivity contribution in [3.05, 3.63) is 48.0 Å². The lowest BCUT2D eigenvalue weighted by atomic mass is 10.1. The second-order valence-corrected chi connectivity index (χ2v) is 5.28. The Kier molecular flexibility index (Phi) is 6.25. The first-order valence-electron chi connectivity index (χ1n) is 7.55. The Hall–Kier alpha value is -1.16. The lowest BCUT2D eigenvalue weighted by Gasteiger charge is -2.37. The van der Waals surface area contributed by atoms with Crippen molar-refractivity contribution in [1.29, 1.82) is 0 Å². The summed E-state index contributed by atoms with van der Waals surface area (Å²) < 4.78 is 5.38. The van der Waals surface area contributed by atoms with E-state index >= 15 is 0 Å². The van der Waals surface area contributed by atoms with Gasteiger partial charge in [-0.15, -0.1) is 0 Å². The fraction of sp³-hybridized carbons (Fsp3) is 0.529. The van der Waals surface area contributed by atoms with Crippen molar-refractivity contribution in [2.24, 2.45) is 0 Å². The minimum atomic E-state index is -0.717. The normalized spacial score (nSPS) is 24.3. The molecule has 0 saturated carbocycles. The van der Waals surface area contributed by atoms with E-state index < -0.39 is 6.29 Å². The van der Waals surface area contributed by atoms with E-state index in [1.807, 2.05) is 6.07 Å². The van der Waals surface area contributed by atoms with Gasteiger partial charge in [0, 0.05) is 13.1 Å². The monoisotopic (exact) mass is 275 g/mol. The predicted octanol–water partition coefficient (Wildman–Crippen LogP) is 2.95. The van der Waals surface area contributed by atoms with Gasteiger partial charge >= 0.3 is 0 Å². The fourth-order valence-electron chi connectivity index (χ4n) is 2.50. The molecule has 1 saturated heterocycles. The molecular weight excluding hydrogens is 250 g/mol. The molecule has 0 aromatic heterocycles. The van der Waals surface area contributed by atoms with Crippen LogP contribution in [0.1, 0.15) is 31.7 Å². The van der Waals surface area contributed by atoms with Crippen LogP contribution < -0.4 is 0 Å². The standard InChI is InChI=1S/C17H25NO2/c1-2-3-4-8-11-16-17(19)20-13-12-18(16)14-15-9-6-5-7-10-15/h5-11,16-17,19H,2-4,12-14H2,1H3/b11-8+. The summed E-state index contributed by atoms with van der Waals surface area (Å²) in [5.74, 6) is 0. The highest BCUT2D eigenvalue weighted by Gasteiger charge is 2.28. The molecule has 1 fully saturated rings. The van der Waals surface area contributed by atoms with E-state index in [0.717, 1.165) is 19.5 Å². The number of ether oxygens (including phenoxy) is 1. The molecule has 2 unspecified atom stereocenters. The van der Waals surface area contributed by atoms with E-state index in [2.05, 4.69) is 48.2 Å². The number of unbranched alkanes of at least 4 members (excludes halogenated alkanes) is 2. The van der Waals surface area contributed by atoms with E-state index in [1.54, 1.807) is 0 Å². The van der Waals surface area contributed by atoms with E-state index in [0.29, 0.717) is 6.61 Å². The molecule has 1 aliphatic rings. The summed E-state index contributed by atoms with van der Waals surface area (Å²) in [5.41, 5.74) is 1.27. The van der Waals surface area contributed by atoms with Crippen LogP contribution in [0.2, 0.25) is 0 Å². The van der Waals surface area contributed by atoms with Crippen molar-refractivity contribution in [1.82, 2.24) is 4.90 Å². The van der Waals surface area contributed by atoms with Crippen LogP contribution >= 0.6 is 0 Å². The van der Waals surface area contributed by atoms with Crippen molar-refractivity contribution < 1.29 is 9.84 Å². The molecule has 110 valence electrons. The molecule has 1 aromatic rings. The summed E-state index contributed by atoms with van der Waals surface area (Å²) in [4.78, 5) is 2.28. The van der Waals surface area contributed by atoms with E-state index in [9.17, 15) is 5.11 Å². The second-order valence-electron chi connectivity index (χ2n) is 5.28. The number of benzene rings is 1. The number of rotatable bonds is 6. The molecule has 1 aromatic carbocycles. The Morgan fingerprint density at radius 3 is 2.90 bits per heavy atom. The van der Waals surface area contributed by atoms with Crippen LogP contribution in [0, 0.1) is 0 Å². The molecule has 0 spiro atoms. The maximum Gasteiger partial charge on any atom is 0.173 e. The molecule has 0 bridgehead atoms. The maximum atomic E-state index is 10.1. The van der Waals surface area contributed by atoms with Crippen molar-refractivity contribution in [3.63, 3.8) is 0 Å². The van der Waals surface area contributed by atoms with Gasteiger partial charge in [-0.25, -0.2) is 0 Å². The Morgan fingerprint density at radius 2 is 2.15 bits per heavy atom.